The van der Waals surface area contributed by atoms with Crippen molar-refractivity contribution in [3.05, 3.63) is 64.7 Å². The second kappa shape index (κ2) is 8.81. The third kappa shape index (κ3) is 4.65. The van der Waals surface area contributed by atoms with E-state index in [1.807, 2.05) is 17.5 Å². The highest BCUT2D eigenvalue weighted by atomic mass is 32.1. The highest BCUT2D eigenvalue weighted by Crippen LogP contribution is 2.18. The third-order valence-corrected chi connectivity index (χ3v) is 4.96. The Kier molecular flexibility index (Phi) is 5.79. The van der Waals surface area contributed by atoms with Crippen LogP contribution in [0, 0.1) is 0 Å². The fourth-order valence-electron chi connectivity index (χ4n) is 2.81. The zero-order valence-electron chi connectivity index (χ0n) is 15.2. The predicted octanol–water partition coefficient (Wildman–Crippen LogP) is 3.21. The second-order valence-corrected chi connectivity index (χ2v) is 6.97. The summed E-state index contributed by atoms with van der Waals surface area (Å²) in [6, 6.07) is 10.8. The van der Waals surface area contributed by atoms with E-state index in [0.717, 1.165) is 24.6 Å². The van der Waals surface area contributed by atoms with Crippen LogP contribution in [0.2, 0.25) is 0 Å². The lowest BCUT2D eigenvalue weighted by molar-refractivity contribution is 0.102. The third-order valence-electron chi connectivity index (χ3n) is 4.33. The Morgan fingerprint density at radius 2 is 1.96 bits per heavy atom. The average Bonchev–Trinajstić information content (AvgIpc) is 3.27. The fourth-order valence-corrected chi connectivity index (χ4v) is 3.35. The van der Waals surface area contributed by atoms with Crippen LogP contribution >= 0.6 is 11.3 Å². The summed E-state index contributed by atoms with van der Waals surface area (Å²) in [7, 11) is 0. The van der Waals surface area contributed by atoms with Crippen molar-refractivity contribution in [3.63, 3.8) is 0 Å². The van der Waals surface area contributed by atoms with Crippen molar-refractivity contribution in [2.75, 3.05) is 36.5 Å². The largest absolute Gasteiger partial charge is 0.487 e. The summed E-state index contributed by atoms with van der Waals surface area (Å²) in [5.74, 6) is 1.40. The minimum atomic E-state index is -0.188. The number of ether oxygens (including phenoxy) is 2. The van der Waals surface area contributed by atoms with E-state index in [9.17, 15) is 4.79 Å². The summed E-state index contributed by atoms with van der Waals surface area (Å²) < 4.78 is 11.0. The molecule has 0 atom stereocenters. The molecule has 0 saturated carbocycles. The Bertz CT molecular complexity index is 892. The molecule has 0 bridgehead atoms. The molecule has 8 heteroatoms. The number of pyridine rings is 1. The summed E-state index contributed by atoms with van der Waals surface area (Å²) >= 11 is 1.53. The molecular weight excluding hydrogens is 376 g/mol. The van der Waals surface area contributed by atoms with E-state index < -0.39 is 0 Å². The van der Waals surface area contributed by atoms with Crippen molar-refractivity contribution in [3.8, 4) is 5.75 Å². The van der Waals surface area contributed by atoms with E-state index in [0.29, 0.717) is 36.8 Å². The highest BCUT2D eigenvalue weighted by Gasteiger charge is 2.13. The molecule has 2 aromatic heterocycles. The van der Waals surface area contributed by atoms with Gasteiger partial charge >= 0.3 is 0 Å². The van der Waals surface area contributed by atoms with Gasteiger partial charge in [-0.15, -0.1) is 11.3 Å². The number of amides is 1. The number of rotatable bonds is 6. The van der Waals surface area contributed by atoms with Gasteiger partial charge in [0.15, 0.2) is 0 Å². The first-order valence-corrected chi connectivity index (χ1v) is 9.92. The Labute approximate surface area is 167 Å². The number of hydrogen-bond acceptors (Lipinski definition) is 7. The van der Waals surface area contributed by atoms with E-state index in [1.54, 1.807) is 36.0 Å². The lowest BCUT2D eigenvalue weighted by atomic mass is 10.2. The van der Waals surface area contributed by atoms with E-state index >= 15 is 0 Å². The summed E-state index contributed by atoms with van der Waals surface area (Å²) in [5, 5.41) is 4.81. The van der Waals surface area contributed by atoms with Gasteiger partial charge in [0.2, 0.25) is 0 Å². The van der Waals surface area contributed by atoms with Gasteiger partial charge in [-0.3, -0.25) is 4.79 Å². The first kappa shape index (κ1) is 18.4. The molecule has 1 amide bonds. The van der Waals surface area contributed by atoms with Crippen molar-refractivity contribution in [1.82, 2.24) is 9.97 Å². The van der Waals surface area contributed by atoms with Gasteiger partial charge in [0.1, 0.15) is 18.2 Å². The molecule has 28 heavy (non-hydrogen) atoms. The van der Waals surface area contributed by atoms with Gasteiger partial charge in [-0.05, 0) is 36.4 Å². The summed E-state index contributed by atoms with van der Waals surface area (Å²) in [5.41, 5.74) is 3.87. The minimum absolute atomic E-state index is 0.188. The summed E-state index contributed by atoms with van der Waals surface area (Å²) in [4.78, 5) is 23.2. The first-order chi connectivity index (χ1) is 13.8. The number of nitrogens with one attached hydrogen (secondary N) is 1. The van der Waals surface area contributed by atoms with Crippen LogP contribution in [0.5, 0.6) is 5.75 Å². The Morgan fingerprint density at radius 3 is 2.64 bits per heavy atom. The molecule has 1 fully saturated rings. The van der Waals surface area contributed by atoms with Crippen LogP contribution in [0.4, 0.5) is 11.5 Å². The highest BCUT2D eigenvalue weighted by molar-refractivity contribution is 7.07. The van der Waals surface area contributed by atoms with Gasteiger partial charge in [-0.1, -0.05) is 0 Å². The molecule has 3 aromatic rings. The minimum Gasteiger partial charge on any atom is -0.487 e. The lowest BCUT2D eigenvalue weighted by Gasteiger charge is -2.27. The van der Waals surface area contributed by atoms with Crippen LogP contribution in [0.3, 0.4) is 0 Å². The number of nitrogens with zero attached hydrogens (tertiary/aromatic N) is 3. The predicted molar refractivity (Wildman–Crippen MR) is 108 cm³/mol. The molecular formula is C20H20N4O3S. The standard InChI is InChI=1S/C20H20N4O3S/c25-20(15-1-4-18(5-2-15)27-12-17-13-28-14-22-17)23-16-3-6-19(21-11-16)24-7-9-26-10-8-24/h1-6,11,13-14H,7-10,12H2,(H,23,25). The molecule has 0 radical (unpaired) electrons. The zero-order valence-corrected chi connectivity index (χ0v) is 16.0. The van der Waals surface area contributed by atoms with E-state index in [1.165, 1.54) is 11.3 Å². The van der Waals surface area contributed by atoms with Crippen LogP contribution in [0.1, 0.15) is 16.1 Å². The Hall–Kier alpha value is -2.97. The van der Waals surface area contributed by atoms with Crippen LogP contribution in [-0.4, -0.2) is 42.2 Å². The fraction of sp³-hybridized carbons (Fsp3) is 0.250. The monoisotopic (exact) mass is 396 g/mol. The molecule has 1 saturated heterocycles. The quantitative estimate of drug-likeness (QED) is 0.690. The number of anilines is 2. The molecule has 1 aromatic carbocycles. The second-order valence-electron chi connectivity index (χ2n) is 6.25. The van der Waals surface area contributed by atoms with E-state index in [2.05, 4.69) is 20.2 Å². The molecule has 4 rings (SSSR count). The molecule has 1 aliphatic rings. The van der Waals surface area contributed by atoms with Gasteiger partial charge in [-0.2, -0.15) is 0 Å². The number of carbonyl (C=O) groups is 1. The molecule has 0 aliphatic carbocycles. The number of carbonyl (C=O) groups excluding carboxylic acids is 1. The van der Waals surface area contributed by atoms with E-state index in [4.69, 9.17) is 9.47 Å². The topological polar surface area (TPSA) is 76.6 Å². The zero-order chi connectivity index (χ0) is 19.2. The molecule has 1 aliphatic heterocycles. The van der Waals surface area contributed by atoms with Crippen LogP contribution in [-0.2, 0) is 11.3 Å². The number of thiazole rings is 1. The maximum absolute atomic E-state index is 12.4. The molecule has 0 spiro atoms. The summed E-state index contributed by atoms with van der Waals surface area (Å²) in [6.45, 7) is 3.49. The van der Waals surface area contributed by atoms with Crippen molar-refractivity contribution in [1.29, 1.82) is 0 Å². The van der Waals surface area contributed by atoms with Gasteiger partial charge in [0.25, 0.3) is 5.91 Å². The van der Waals surface area contributed by atoms with Crippen LogP contribution in [0.15, 0.2) is 53.5 Å². The maximum Gasteiger partial charge on any atom is 0.255 e. The smallest absolute Gasteiger partial charge is 0.255 e. The normalized spacial score (nSPS) is 13.9. The molecule has 144 valence electrons. The van der Waals surface area contributed by atoms with Crippen LogP contribution < -0.4 is 15.0 Å². The SMILES string of the molecule is O=C(Nc1ccc(N2CCOCC2)nc1)c1ccc(OCc2cscn2)cc1. The number of aromatic nitrogens is 2. The van der Waals surface area contributed by atoms with Crippen LogP contribution in [0.25, 0.3) is 0 Å². The lowest BCUT2D eigenvalue weighted by Crippen LogP contribution is -2.36. The number of morpholine rings is 1. The van der Waals surface area contributed by atoms with Gasteiger partial charge in [0, 0.05) is 24.0 Å². The Balaban J connectivity index is 1.32. The van der Waals surface area contributed by atoms with Crippen molar-refractivity contribution in [2.24, 2.45) is 0 Å². The van der Waals surface area contributed by atoms with E-state index in [-0.39, 0.29) is 5.91 Å². The number of benzene rings is 1. The first-order valence-electron chi connectivity index (χ1n) is 8.98. The molecule has 1 N–H and O–H groups in total. The Morgan fingerprint density at radius 1 is 1.14 bits per heavy atom. The van der Waals surface area contributed by atoms with Gasteiger partial charge < -0.3 is 19.7 Å². The van der Waals surface area contributed by atoms with Crippen molar-refractivity contribution in [2.45, 2.75) is 6.61 Å². The molecule has 0 unspecified atom stereocenters. The van der Waals surface area contributed by atoms with Crippen molar-refractivity contribution < 1.29 is 14.3 Å². The molecule has 3 heterocycles. The molecule has 7 nitrogen and oxygen atoms in total. The average molecular weight is 396 g/mol. The van der Waals surface area contributed by atoms with Crippen molar-refractivity contribution >= 4 is 28.7 Å². The number of hydrogen-bond donors (Lipinski definition) is 1. The summed E-state index contributed by atoms with van der Waals surface area (Å²) in [6.07, 6.45) is 1.67. The van der Waals surface area contributed by atoms with Gasteiger partial charge in [0.05, 0.1) is 36.3 Å². The maximum atomic E-state index is 12.4. The van der Waals surface area contributed by atoms with Gasteiger partial charge in [-0.25, -0.2) is 9.97 Å².